The van der Waals surface area contributed by atoms with Crippen molar-refractivity contribution in [3.63, 3.8) is 0 Å². The third-order valence-corrected chi connectivity index (χ3v) is 4.73. The summed E-state index contributed by atoms with van der Waals surface area (Å²) in [6, 6.07) is 0.818. The van der Waals surface area contributed by atoms with E-state index in [1.165, 1.54) is 45.1 Å². The molecule has 1 aliphatic carbocycles. The molecule has 0 aliphatic heterocycles. The molecule has 1 rings (SSSR count). The Hall–Kier alpha value is -0.0800. The fraction of sp³-hybridized carbons (Fsp3) is 1.00. The highest BCUT2D eigenvalue weighted by Gasteiger charge is 2.28. The van der Waals surface area contributed by atoms with E-state index in [0.717, 1.165) is 18.5 Å². The zero-order chi connectivity index (χ0) is 12.9. The molecule has 0 heterocycles. The van der Waals surface area contributed by atoms with E-state index in [9.17, 15) is 0 Å². The number of hydrogen-bond donors (Lipinski definition) is 1. The molecule has 0 saturated heterocycles. The Morgan fingerprint density at radius 1 is 1.29 bits per heavy atom. The molecule has 102 valence electrons. The van der Waals surface area contributed by atoms with Crippen molar-refractivity contribution in [2.45, 2.75) is 65.3 Å². The summed E-state index contributed by atoms with van der Waals surface area (Å²) >= 11 is 0. The summed E-state index contributed by atoms with van der Waals surface area (Å²) in [5, 5.41) is 0. The minimum atomic E-state index is 0.584. The van der Waals surface area contributed by atoms with Crippen molar-refractivity contribution in [1.29, 1.82) is 0 Å². The van der Waals surface area contributed by atoms with Gasteiger partial charge < -0.3 is 10.6 Å². The van der Waals surface area contributed by atoms with E-state index in [4.69, 9.17) is 5.73 Å². The maximum absolute atomic E-state index is 5.77. The zero-order valence-electron chi connectivity index (χ0n) is 12.3. The molecule has 1 atom stereocenters. The van der Waals surface area contributed by atoms with Crippen molar-refractivity contribution in [3.05, 3.63) is 0 Å². The Morgan fingerprint density at radius 2 is 1.88 bits per heavy atom. The maximum Gasteiger partial charge on any atom is 0.00926 e. The van der Waals surface area contributed by atoms with Gasteiger partial charge in [0, 0.05) is 6.04 Å². The highest BCUT2D eigenvalue weighted by Crippen LogP contribution is 2.36. The predicted molar refractivity (Wildman–Crippen MR) is 76.1 cm³/mol. The van der Waals surface area contributed by atoms with Gasteiger partial charge >= 0.3 is 0 Å². The lowest BCUT2D eigenvalue weighted by Gasteiger charge is -2.39. The van der Waals surface area contributed by atoms with Gasteiger partial charge in [0.2, 0.25) is 0 Å². The van der Waals surface area contributed by atoms with Gasteiger partial charge in [-0.2, -0.15) is 0 Å². The van der Waals surface area contributed by atoms with Crippen LogP contribution in [0.2, 0.25) is 0 Å². The average molecular weight is 240 g/mol. The second kappa shape index (κ2) is 6.75. The van der Waals surface area contributed by atoms with Gasteiger partial charge in [-0.25, -0.2) is 0 Å². The van der Waals surface area contributed by atoms with Crippen LogP contribution in [0.1, 0.15) is 59.3 Å². The smallest absolute Gasteiger partial charge is 0.00926 e. The number of rotatable bonds is 6. The molecule has 1 fully saturated rings. The number of nitrogens with zero attached hydrogens (tertiary/aromatic N) is 1. The summed E-state index contributed by atoms with van der Waals surface area (Å²) in [4.78, 5) is 2.58. The van der Waals surface area contributed by atoms with Gasteiger partial charge in [-0.05, 0) is 63.6 Å². The minimum Gasteiger partial charge on any atom is -0.330 e. The Labute approximate surface area is 108 Å². The third-order valence-electron chi connectivity index (χ3n) is 4.73. The van der Waals surface area contributed by atoms with Crippen LogP contribution >= 0.6 is 0 Å². The van der Waals surface area contributed by atoms with Crippen LogP contribution in [0.5, 0.6) is 0 Å². The van der Waals surface area contributed by atoms with Gasteiger partial charge in [0.15, 0.2) is 0 Å². The molecule has 0 amide bonds. The highest BCUT2D eigenvalue weighted by molar-refractivity contribution is 4.83. The monoisotopic (exact) mass is 240 g/mol. The lowest BCUT2D eigenvalue weighted by molar-refractivity contribution is 0.122. The molecule has 2 N–H and O–H groups in total. The lowest BCUT2D eigenvalue weighted by Crippen LogP contribution is -2.38. The van der Waals surface area contributed by atoms with Crippen LogP contribution in [0.25, 0.3) is 0 Å². The van der Waals surface area contributed by atoms with Crippen LogP contribution in [0.15, 0.2) is 0 Å². The van der Waals surface area contributed by atoms with E-state index >= 15 is 0 Å². The summed E-state index contributed by atoms with van der Waals surface area (Å²) < 4.78 is 0. The lowest BCUT2D eigenvalue weighted by atomic mass is 9.75. The van der Waals surface area contributed by atoms with Gasteiger partial charge in [-0.15, -0.1) is 0 Å². The van der Waals surface area contributed by atoms with E-state index < -0.39 is 0 Å². The summed E-state index contributed by atoms with van der Waals surface area (Å²) in [5.74, 6) is 0.720. The van der Waals surface area contributed by atoms with Gasteiger partial charge in [0.25, 0.3) is 0 Å². The molecule has 0 aromatic heterocycles. The molecule has 17 heavy (non-hydrogen) atoms. The Kier molecular flexibility index (Phi) is 5.94. The molecular weight excluding hydrogens is 208 g/mol. The van der Waals surface area contributed by atoms with Crippen LogP contribution in [0, 0.1) is 11.3 Å². The SMILES string of the molecule is CCC(CN)CCN(C)C1CCC(C)(C)CC1. The minimum absolute atomic E-state index is 0.584. The molecule has 0 spiro atoms. The third kappa shape index (κ3) is 4.97. The molecule has 1 saturated carbocycles. The predicted octanol–water partition coefficient (Wildman–Crippen LogP) is 3.26. The average Bonchev–Trinajstić information content (AvgIpc) is 2.30. The normalized spacial score (nSPS) is 22.9. The van der Waals surface area contributed by atoms with Crippen molar-refractivity contribution in [2.24, 2.45) is 17.1 Å². The summed E-state index contributed by atoms with van der Waals surface area (Å²) in [7, 11) is 2.30. The Bertz CT molecular complexity index is 199. The van der Waals surface area contributed by atoms with Crippen LogP contribution in [0.3, 0.4) is 0 Å². The van der Waals surface area contributed by atoms with Crippen molar-refractivity contribution >= 4 is 0 Å². The number of nitrogens with two attached hydrogens (primary N) is 1. The topological polar surface area (TPSA) is 29.3 Å². The molecule has 2 nitrogen and oxygen atoms in total. The van der Waals surface area contributed by atoms with E-state index in [0.29, 0.717) is 5.41 Å². The molecule has 0 aromatic rings. The summed E-state index contributed by atoms with van der Waals surface area (Å²) in [6.07, 6.45) is 8.02. The quantitative estimate of drug-likeness (QED) is 0.772. The van der Waals surface area contributed by atoms with Gasteiger partial charge in [-0.1, -0.05) is 27.2 Å². The first-order valence-corrected chi connectivity index (χ1v) is 7.39. The van der Waals surface area contributed by atoms with Crippen LogP contribution in [0.4, 0.5) is 0 Å². The van der Waals surface area contributed by atoms with Crippen molar-refractivity contribution in [1.82, 2.24) is 4.90 Å². The number of hydrogen-bond acceptors (Lipinski definition) is 2. The van der Waals surface area contributed by atoms with Crippen LogP contribution < -0.4 is 5.73 Å². The van der Waals surface area contributed by atoms with Crippen molar-refractivity contribution < 1.29 is 0 Å². The zero-order valence-corrected chi connectivity index (χ0v) is 12.3. The van der Waals surface area contributed by atoms with E-state index in [2.05, 4.69) is 32.7 Å². The molecule has 2 heteroatoms. The largest absolute Gasteiger partial charge is 0.330 e. The first-order chi connectivity index (χ1) is 7.98. The molecule has 1 aliphatic rings. The first kappa shape index (κ1) is 15.0. The van der Waals surface area contributed by atoms with E-state index in [-0.39, 0.29) is 0 Å². The van der Waals surface area contributed by atoms with E-state index in [1.807, 2.05) is 0 Å². The first-order valence-electron chi connectivity index (χ1n) is 7.39. The standard InChI is InChI=1S/C15H32N2/c1-5-13(12-16)8-11-17(4)14-6-9-15(2,3)10-7-14/h13-14H,5-12,16H2,1-4H3. The molecule has 0 aromatic carbocycles. The molecule has 1 unspecified atom stereocenters. The Balaban J connectivity index is 2.27. The van der Waals surface area contributed by atoms with E-state index in [1.54, 1.807) is 0 Å². The second-order valence-electron chi connectivity index (χ2n) is 6.67. The van der Waals surface area contributed by atoms with Crippen molar-refractivity contribution in [3.8, 4) is 0 Å². The van der Waals surface area contributed by atoms with Crippen LogP contribution in [-0.2, 0) is 0 Å². The summed E-state index contributed by atoms with van der Waals surface area (Å²) in [5.41, 5.74) is 6.35. The van der Waals surface area contributed by atoms with Gasteiger partial charge in [0.05, 0.1) is 0 Å². The molecule has 0 bridgehead atoms. The van der Waals surface area contributed by atoms with Gasteiger partial charge in [-0.3, -0.25) is 0 Å². The molecular formula is C15H32N2. The van der Waals surface area contributed by atoms with Crippen molar-refractivity contribution in [2.75, 3.05) is 20.1 Å². The Morgan fingerprint density at radius 3 is 2.35 bits per heavy atom. The highest BCUT2D eigenvalue weighted by atomic mass is 15.1. The second-order valence-corrected chi connectivity index (χ2v) is 6.67. The van der Waals surface area contributed by atoms with Crippen LogP contribution in [-0.4, -0.2) is 31.1 Å². The molecule has 0 radical (unpaired) electrons. The maximum atomic E-state index is 5.77. The fourth-order valence-corrected chi connectivity index (χ4v) is 2.88. The fourth-order valence-electron chi connectivity index (χ4n) is 2.88. The summed E-state index contributed by atoms with van der Waals surface area (Å²) in [6.45, 7) is 9.14. The van der Waals surface area contributed by atoms with Gasteiger partial charge in [0.1, 0.15) is 0 Å².